The lowest BCUT2D eigenvalue weighted by Gasteiger charge is -2.44. The van der Waals surface area contributed by atoms with Crippen LogP contribution in [0.4, 0.5) is 0 Å². The number of nitrogens with one attached hydrogen (secondary N) is 1. The van der Waals surface area contributed by atoms with Crippen LogP contribution in [-0.4, -0.2) is 13.1 Å². The summed E-state index contributed by atoms with van der Waals surface area (Å²) in [6, 6.07) is 10.1. The first-order chi connectivity index (χ1) is 9.98. The fourth-order valence-corrected chi connectivity index (χ4v) is 4.17. The number of hydrogen-bond donors (Lipinski definition) is 1. The molecule has 1 aliphatic rings. The molecule has 1 aliphatic carbocycles. The van der Waals surface area contributed by atoms with E-state index in [1.54, 1.807) is 0 Å². The summed E-state index contributed by atoms with van der Waals surface area (Å²) in [4.78, 5) is 0. The van der Waals surface area contributed by atoms with Gasteiger partial charge in [-0.25, -0.2) is 0 Å². The topological polar surface area (TPSA) is 12.0 Å². The molecular formula is C20H33N. The largest absolute Gasteiger partial charge is 0.317 e. The van der Waals surface area contributed by atoms with E-state index < -0.39 is 0 Å². The predicted molar refractivity (Wildman–Crippen MR) is 92.8 cm³/mol. The van der Waals surface area contributed by atoms with Crippen LogP contribution < -0.4 is 5.32 Å². The van der Waals surface area contributed by atoms with Crippen LogP contribution in [0.3, 0.4) is 0 Å². The molecule has 1 aromatic carbocycles. The molecule has 1 aromatic rings. The first kappa shape index (κ1) is 16.5. The Bertz CT molecular complexity index is 432. The predicted octanol–water partition coefficient (Wildman–Crippen LogP) is 4.94. The summed E-state index contributed by atoms with van der Waals surface area (Å²) in [6.07, 6.45) is 6.46. The molecule has 0 radical (unpaired) electrons. The highest BCUT2D eigenvalue weighted by atomic mass is 14.9. The van der Waals surface area contributed by atoms with Crippen LogP contribution in [-0.2, 0) is 11.8 Å². The van der Waals surface area contributed by atoms with Crippen molar-refractivity contribution in [1.29, 1.82) is 0 Å². The SMILES string of the molecule is CCCc1ccc(C(C)(C)C2CCC(C)CC2NC)cc1. The van der Waals surface area contributed by atoms with Gasteiger partial charge in [0.1, 0.15) is 0 Å². The second kappa shape index (κ2) is 6.96. The van der Waals surface area contributed by atoms with Gasteiger partial charge in [0.15, 0.2) is 0 Å². The number of aryl methyl sites for hydroxylation is 1. The van der Waals surface area contributed by atoms with E-state index in [0.29, 0.717) is 6.04 Å². The highest BCUT2D eigenvalue weighted by Crippen LogP contribution is 2.42. The summed E-state index contributed by atoms with van der Waals surface area (Å²) < 4.78 is 0. The summed E-state index contributed by atoms with van der Waals surface area (Å²) in [5, 5.41) is 3.59. The van der Waals surface area contributed by atoms with E-state index in [-0.39, 0.29) is 5.41 Å². The van der Waals surface area contributed by atoms with Gasteiger partial charge in [-0.1, -0.05) is 64.8 Å². The zero-order valence-electron chi connectivity index (χ0n) is 14.6. The van der Waals surface area contributed by atoms with Crippen LogP contribution in [0.25, 0.3) is 0 Å². The third-order valence-corrected chi connectivity index (χ3v) is 5.65. The molecule has 0 aliphatic heterocycles. The second-order valence-corrected chi connectivity index (χ2v) is 7.59. The smallest absolute Gasteiger partial charge is 0.0103 e. The van der Waals surface area contributed by atoms with Gasteiger partial charge in [-0.05, 0) is 54.7 Å². The van der Waals surface area contributed by atoms with Crippen molar-refractivity contribution in [1.82, 2.24) is 5.32 Å². The van der Waals surface area contributed by atoms with Gasteiger partial charge < -0.3 is 5.32 Å². The third-order valence-electron chi connectivity index (χ3n) is 5.65. The molecule has 0 saturated heterocycles. The first-order valence-electron chi connectivity index (χ1n) is 8.75. The summed E-state index contributed by atoms with van der Waals surface area (Å²) in [7, 11) is 2.14. The van der Waals surface area contributed by atoms with Gasteiger partial charge in [0, 0.05) is 6.04 Å². The van der Waals surface area contributed by atoms with E-state index in [4.69, 9.17) is 0 Å². The van der Waals surface area contributed by atoms with Crippen molar-refractivity contribution in [3.05, 3.63) is 35.4 Å². The standard InChI is InChI=1S/C20H33N/c1-6-7-16-9-11-17(12-10-16)20(3,4)18-13-8-15(2)14-19(18)21-5/h9-12,15,18-19,21H,6-8,13-14H2,1-5H3. The lowest BCUT2D eigenvalue weighted by molar-refractivity contribution is 0.151. The zero-order valence-corrected chi connectivity index (χ0v) is 14.6. The Labute approximate surface area is 131 Å². The van der Waals surface area contributed by atoms with Crippen LogP contribution in [0.2, 0.25) is 0 Å². The lowest BCUT2D eigenvalue weighted by Crippen LogP contribution is -2.47. The first-order valence-corrected chi connectivity index (χ1v) is 8.75. The molecule has 0 amide bonds. The van der Waals surface area contributed by atoms with Crippen LogP contribution >= 0.6 is 0 Å². The van der Waals surface area contributed by atoms with Gasteiger partial charge in [-0.15, -0.1) is 0 Å². The normalized spacial score (nSPS) is 26.8. The molecule has 0 bridgehead atoms. The van der Waals surface area contributed by atoms with Crippen LogP contribution in [0, 0.1) is 11.8 Å². The molecule has 0 aromatic heterocycles. The van der Waals surface area contributed by atoms with Crippen molar-refractivity contribution in [2.45, 2.75) is 71.3 Å². The van der Waals surface area contributed by atoms with E-state index in [0.717, 1.165) is 11.8 Å². The third kappa shape index (κ3) is 3.69. The second-order valence-electron chi connectivity index (χ2n) is 7.59. The number of hydrogen-bond acceptors (Lipinski definition) is 1. The fourth-order valence-electron chi connectivity index (χ4n) is 4.17. The molecule has 1 N–H and O–H groups in total. The van der Waals surface area contributed by atoms with Gasteiger partial charge in [-0.3, -0.25) is 0 Å². The summed E-state index contributed by atoms with van der Waals surface area (Å²) >= 11 is 0. The maximum Gasteiger partial charge on any atom is 0.0103 e. The molecule has 3 unspecified atom stereocenters. The monoisotopic (exact) mass is 287 g/mol. The minimum atomic E-state index is 0.249. The molecule has 3 atom stereocenters. The highest BCUT2D eigenvalue weighted by molar-refractivity contribution is 5.29. The quantitative estimate of drug-likeness (QED) is 0.808. The summed E-state index contributed by atoms with van der Waals surface area (Å²) in [5.41, 5.74) is 3.22. The summed E-state index contributed by atoms with van der Waals surface area (Å²) in [5.74, 6) is 1.59. The Morgan fingerprint density at radius 3 is 2.38 bits per heavy atom. The van der Waals surface area contributed by atoms with Gasteiger partial charge in [0.25, 0.3) is 0 Å². The van der Waals surface area contributed by atoms with Crippen LogP contribution in [0.5, 0.6) is 0 Å². The molecule has 0 spiro atoms. The minimum Gasteiger partial charge on any atom is -0.317 e. The van der Waals surface area contributed by atoms with Gasteiger partial charge >= 0.3 is 0 Å². The van der Waals surface area contributed by atoms with Crippen molar-refractivity contribution in [2.24, 2.45) is 11.8 Å². The fraction of sp³-hybridized carbons (Fsp3) is 0.700. The van der Waals surface area contributed by atoms with Crippen molar-refractivity contribution >= 4 is 0 Å². The molecular weight excluding hydrogens is 254 g/mol. The van der Waals surface area contributed by atoms with Crippen LogP contribution in [0.15, 0.2) is 24.3 Å². The molecule has 1 saturated carbocycles. The number of rotatable bonds is 5. The molecule has 1 heteroatoms. The maximum atomic E-state index is 3.59. The van der Waals surface area contributed by atoms with E-state index in [2.05, 4.69) is 64.3 Å². The van der Waals surface area contributed by atoms with Gasteiger partial charge in [-0.2, -0.15) is 0 Å². The minimum absolute atomic E-state index is 0.249. The average Bonchev–Trinajstić information content (AvgIpc) is 2.47. The van der Waals surface area contributed by atoms with E-state index >= 15 is 0 Å². The van der Waals surface area contributed by atoms with E-state index in [1.807, 2.05) is 0 Å². The Balaban J connectivity index is 2.19. The zero-order chi connectivity index (χ0) is 15.5. The van der Waals surface area contributed by atoms with Crippen molar-refractivity contribution in [3.63, 3.8) is 0 Å². The van der Waals surface area contributed by atoms with Gasteiger partial charge in [0.2, 0.25) is 0 Å². The van der Waals surface area contributed by atoms with E-state index in [9.17, 15) is 0 Å². The maximum absolute atomic E-state index is 3.59. The average molecular weight is 287 g/mol. The lowest BCUT2D eigenvalue weighted by atomic mass is 9.63. The Hall–Kier alpha value is -0.820. The van der Waals surface area contributed by atoms with E-state index in [1.165, 1.54) is 43.2 Å². The van der Waals surface area contributed by atoms with Crippen LogP contribution in [0.1, 0.15) is 64.5 Å². The van der Waals surface area contributed by atoms with Crippen molar-refractivity contribution < 1.29 is 0 Å². The molecule has 21 heavy (non-hydrogen) atoms. The van der Waals surface area contributed by atoms with Gasteiger partial charge in [0.05, 0.1) is 0 Å². The molecule has 118 valence electrons. The Morgan fingerprint density at radius 2 is 1.81 bits per heavy atom. The molecule has 1 fully saturated rings. The Morgan fingerprint density at radius 1 is 1.14 bits per heavy atom. The van der Waals surface area contributed by atoms with Crippen molar-refractivity contribution in [2.75, 3.05) is 7.05 Å². The molecule has 0 heterocycles. The van der Waals surface area contributed by atoms with Crippen molar-refractivity contribution in [3.8, 4) is 0 Å². The summed E-state index contributed by atoms with van der Waals surface area (Å²) in [6.45, 7) is 9.52. The Kier molecular flexibility index (Phi) is 5.48. The molecule has 1 nitrogen and oxygen atoms in total. The highest BCUT2D eigenvalue weighted by Gasteiger charge is 2.39. The number of benzene rings is 1. The molecule has 2 rings (SSSR count).